The minimum Gasteiger partial charge on any atom is -0.872 e. The van der Waals surface area contributed by atoms with Crippen molar-refractivity contribution in [3.8, 4) is 17.2 Å². The van der Waals surface area contributed by atoms with Gasteiger partial charge in [-0.15, -0.1) is 0 Å². The van der Waals surface area contributed by atoms with Gasteiger partial charge in [-0.2, -0.15) is 16.8 Å². The van der Waals surface area contributed by atoms with Crippen LogP contribution in [0.4, 0.5) is 0 Å². The number of halogens is 3. The van der Waals surface area contributed by atoms with Crippen molar-refractivity contribution < 1.29 is 69.3 Å². The van der Waals surface area contributed by atoms with Crippen LogP contribution in [0, 0.1) is 0 Å². The molecule has 0 fully saturated rings. The molecular weight excluding hydrogens is 903 g/mol. The van der Waals surface area contributed by atoms with Crippen LogP contribution in [0.1, 0.15) is 78.0 Å². The summed E-state index contributed by atoms with van der Waals surface area (Å²) >= 11 is 10.4. The van der Waals surface area contributed by atoms with Gasteiger partial charge in [-0.05, 0) is 126 Å². The Hall–Kier alpha value is -0.680. The van der Waals surface area contributed by atoms with Gasteiger partial charge in [0.1, 0.15) is 11.5 Å². The zero-order chi connectivity index (χ0) is 38.2. The van der Waals surface area contributed by atoms with E-state index in [1.165, 1.54) is 30.5 Å². The molecule has 51 heavy (non-hydrogen) atoms. The zero-order valence-corrected chi connectivity index (χ0v) is 39.6. The number of benzene rings is 3. The summed E-state index contributed by atoms with van der Waals surface area (Å²) in [5.74, 6) is 1.81. The number of aryl methyl sites for hydroxylation is 3. The van der Waals surface area contributed by atoms with Crippen LogP contribution >= 0.6 is 47.8 Å². The third-order valence-electron chi connectivity index (χ3n) is 6.88. The quantitative estimate of drug-likeness (QED) is 0.130. The van der Waals surface area contributed by atoms with Gasteiger partial charge in [0.2, 0.25) is 0 Å². The maximum atomic E-state index is 10.8. The molecule has 282 valence electrons. The Bertz CT molecular complexity index is 1610. The maximum Gasteiger partial charge on any atom is 1.00 e. The van der Waals surface area contributed by atoms with Gasteiger partial charge < -0.3 is 14.6 Å². The Labute approximate surface area is 353 Å². The van der Waals surface area contributed by atoms with Crippen LogP contribution in [0.2, 0.25) is 0 Å². The summed E-state index contributed by atoms with van der Waals surface area (Å²) in [4.78, 5) is 0. The molecule has 0 aliphatic rings. The molecule has 0 bridgehead atoms. The van der Waals surface area contributed by atoms with Gasteiger partial charge in [0, 0.05) is 17.3 Å². The third kappa shape index (κ3) is 22.3. The number of hydrogen-bond acceptors (Lipinski definition) is 9. The van der Waals surface area contributed by atoms with E-state index in [4.69, 9.17) is 9.47 Å². The van der Waals surface area contributed by atoms with Gasteiger partial charge in [-0.1, -0.05) is 66.7 Å². The molecule has 0 saturated heterocycles. The minimum absolute atomic E-state index is 0. The second-order valence-corrected chi connectivity index (χ2v) is 17.7. The van der Waals surface area contributed by atoms with Crippen molar-refractivity contribution in [2.24, 2.45) is 0 Å². The van der Waals surface area contributed by atoms with Crippen LogP contribution in [0.3, 0.4) is 0 Å². The van der Waals surface area contributed by atoms with Crippen LogP contribution in [0.5, 0.6) is 17.2 Å². The van der Waals surface area contributed by atoms with Crippen molar-refractivity contribution in [1.82, 2.24) is 0 Å². The zero-order valence-electron chi connectivity index (χ0n) is 31.2. The van der Waals surface area contributed by atoms with Gasteiger partial charge in [0.15, 0.2) is 0 Å². The Morgan fingerprint density at radius 2 is 0.882 bits per heavy atom. The number of rotatable bonds is 15. The SMILES string of the molecule is CCc1ccc(O[C@@H](C)C[C@H](C)Oc2ccc(CC)cc2Br)c(Br)c1.CCc1ccc([O-])c(Br)c1.C[C@H](C[C@@H](C)OS(C)(=O)=O)OS(C)(=O)=O.[Na+]. The molecule has 0 N–H and O–H groups in total. The molecule has 0 spiro atoms. The van der Waals surface area contributed by atoms with Crippen LogP contribution in [-0.2, 0) is 47.9 Å². The fraction of sp³-hybridized carbons (Fsp3) is 0.500. The van der Waals surface area contributed by atoms with E-state index in [2.05, 4.69) is 115 Å². The monoisotopic (exact) mass is 950 g/mol. The topological polar surface area (TPSA) is 128 Å². The summed E-state index contributed by atoms with van der Waals surface area (Å²) in [6, 6.07) is 17.8. The summed E-state index contributed by atoms with van der Waals surface area (Å²) < 4.78 is 67.0. The summed E-state index contributed by atoms with van der Waals surface area (Å²) in [5, 5.41) is 10.8. The van der Waals surface area contributed by atoms with Crippen molar-refractivity contribution in [3.05, 3.63) is 84.7 Å². The molecule has 0 aliphatic heterocycles. The van der Waals surface area contributed by atoms with Crippen molar-refractivity contribution in [3.63, 3.8) is 0 Å². The molecule has 0 heterocycles. The molecule has 0 unspecified atom stereocenters. The first-order valence-electron chi connectivity index (χ1n) is 16.3. The first-order valence-corrected chi connectivity index (χ1v) is 22.3. The summed E-state index contributed by atoms with van der Waals surface area (Å²) in [5.41, 5.74) is 3.78. The van der Waals surface area contributed by atoms with Crippen LogP contribution in [0.25, 0.3) is 0 Å². The van der Waals surface area contributed by atoms with Gasteiger partial charge in [-0.25, -0.2) is 0 Å². The summed E-state index contributed by atoms with van der Waals surface area (Å²) in [6.07, 6.45) is 4.77. The fourth-order valence-corrected chi connectivity index (χ4v) is 7.44. The molecule has 3 aromatic rings. The first-order chi connectivity index (χ1) is 23.2. The average molecular weight is 954 g/mol. The number of hydrogen-bond donors (Lipinski definition) is 0. The van der Waals surface area contributed by atoms with E-state index in [-0.39, 0.29) is 53.9 Å². The Balaban J connectivity index is 0.000000816. The van der Waals surface area contributed by atoms with Crippen LogP contribution < -0.4 is 44.1 Å². The van der Waals surface area contributed by atoms with E-state index in [1.807, 2.05) is 24.3 Å². The maximum absolute atomic E-state index is 10.8. The predicted molar refractivity (Wildman–Crippen MR) is 210 cm³/mol. The summed E-state index contributed by atoms with van der Waals surface area (Å²) in [7, 11) is -7.04. The van der Waals surface area contributed by atoms with E-state index in [1.54, 1.807) is 6.07 Å². The minimum atomic E-state index is -3.52. The van der Waals surface area contributed by atoms with Crippen molar-refractivity contribution in [2.75, 3.05) is 12.5 Å². The van der Waals surface area contributed by atoms with Gasteiger partial charge >= 0.3 is 29.6 Å². The van der Waals surface area contributed by atoms with Gasteiger partial charge in [0.25, 0.3) is 20.2 Å². The Kier molecular flexibility index (Phi) is 24.3. The van der Waals surface area contributed by atoms with Crippen molar-refractivity contribution in [1.29, 1.82) is 0 Å². The molecule has 0 amide bonds. The molecule has 0 aliphatic carbocycles. The smallest absolute Gasteiger partial charge is 0.872 e. The molecule has 3 rings (SSSR count). The van der Waals surface area contributed by atoms with Gasteiger partial charge in [0.05, 0.1) is 45.9 Å². The molecular formula is C36H50Br3NaO9S2. The van der Waals surface area contributed by atoms with E-state index in [0.717, 1.165) is 58.6 Å². The van der Waals surface area contributed by atoms with Crippen molar-refractivity contribution in [2.45, 2.75) is 105 Å². The van der Waals surface area contributed by atoms with Crippen LogP contribution in [-0.4, -0.2) is 53.8 Å². The predicted octanol–water partition coefficient (Wildman–Crippen LogP) is 6.16. The van der Waals surface area contributed by atoms with Gasteiger partial charge in [-0.3, -0.25) is 8.37 Å². The second kappa shape index (κ2) is 24.7. The first kappa shape index (κ1) is 50.3. The standard InChI is InChI=1S/C21H26Br2O2.C8H9BrO.C7H16O6S2.Na/c1-5-16-7-9-20(18(22)12-16)24-14(3)11-15(4)25-21-10-8-17(6-2)13-19(21)23;1-2-6-3-4-8(10)7(9)5-6;1-6(12-14(3,8)9)5-7(2)13-15(4,10)11;/h7-10,12-15H,5-6,11H2,1-4H3;3-5,10H,2H2,1H3;6-7H,5H2,1-4H3;/q;;;+1/p-1/t14-,15-;;6-,7-;/m0.1./s1. The molecule has 3 aromatic carbocycles. The molecule has 0 saturated carbocycles. The normalized spacial score (nSPS) is 13.6. The van der Waals surface area contributed by atoms with Crippen LogP contribution in [0.15, 0.2) is 68.0 Å². The molecule has 0 aromatic heterocycles. The molecule has 9 nitrogen and oxygen atoms in total. The fourth-order valence-electron chi connectivity index (χ4n) is 4.62. The average Bonchev–Trinajstić information content (AvgIpc) is 2.99. The largest absolute Gasteiger partial charge is 1.00 e. The van der Waals surface area contributed by atoms with E-state index < -0.39 is 32.4 Å². The Morgan fingerprint density at radius 1 is 0.569 bits per heavy atom. The second-order valence-electron chi connectivity index (χ2n) is 11.9. The van der Waals surface area contributed by atoms with E-state index in [0.29, 0.717) is 4.47 Å². The number of ether oxygens (including phenoxy) is 2. The molecule has 15 heteroatoms. The third-order valence-corrected chi connectivity index (χ3v) is 10.1. The van der Waals surface area contributed by atoms with Crippen molar-refractivity contribution >= 4 is 68.0 Å². The van der Waals surface area contributed by atoms with E-state index in [9.17, 15) is 21.9 Å². The Morgan fingerprint density at radius 3 is 1.18 bits per heavy atom. The van der Waals surface area contributed by atoms with E-state index >= 15 is 0 Å². The molecule has 0 radical (unpaired) electrons. The summed E-state index contributed by atoms with van der Waals surface area (Å²) in [6.45, 7) is 13.6. The molecule has 4 atom stereocenters.